The highest BCUT2D eigenvalue weighted by Crippen LogP contribution is 2.03. The third kappa shape index (κ3) is 2.77. The number of ether oxygens (including phenoxy) is 1. The lowest BCUT2D eigenvalue weighted by Gasteiger charge is -2.07. The Hall–Kier alpha value is -1.90. The predicted molar refractivity (Wildman–Crippen MR) is 57.7 cm³/mol. The van der Waals surface area contributed by atoms with Gasteiger partial charge in [-0.15, -0.1) is 0 Å². The zero-order chi connectivity index (χ0) is 10.5. The Morgan fingerprint density at radius 3 is 2.67 bits per heavy atom. The summed E-state index contributed by atoms with van der Waals surface area (Å²) in [5.41, 5.74) is 1.09. The minimum atomic E-state index is 0.0158. The number of aliphatic imine (C=N–C) groups is 1. The molecule has 3 heteroatoms. The van der Waals surface area contributed by atoms with Gasteiger partial charge in [0.15, 0.2) is 5.78 Å². The highest BCUT2D eigenvalue weighted by atomic mass is 16.5. The molecule has 3 nitrogen and oxygen atoms in total. The molecule has 15 heavy (non-hydrogen) atoms. The number of carbonyl (C=O) groups is 1. The molecular formula is C12H11NO2. The molecule has 1 aromatic rings. The Labute approximate surface area is 88.1 Å². The van der Waals surface area contributed by atoms with E-state index in [4.69, 9.17) is 4.74 Å². The topological polar surface area (TPSA) is 38.7 Å². The van der Waals surface area contributed by atoms with Gasteiger partial charge in [0.2, 0.25) is 5.90 Å². The summed E-state index contributed by atoms with van der Waals surface area (Å²) in [7, 11) is 0. The fraction of sp³-hybridized carbons (Fsp3) is 0.167. The van der Waals surface area contributed by atoms with Crippen LogP contribution in [0.15, 0.2) is 47.5 Å². The maximum atomic E-state index is 10.8. The normalized spacial score (nSPS) is 14.9. The zero-order valence-corrected chi connectivity index (χ0v) is 8.22. The molecule has 2 rings (SSSR count). The fourth-order valence-corrected chi connectivity index (χ4v) is 1.25. The molecule has 0 atom stereocenters. The first kappa shape index (κ1) is 9.65. The monoisotopic (exact) mass is 201 g/mol. The second-order valence-electron chi connectivity index (χ2n) is 3.23. The number of carbonyl (C=O) groups excluding carboxylic acids is 1. The van der Waals surface area contributed by atoms with Crippen molar-refractivity contribution in [3.05, 3.63) is 48.0 Å². The maximum Gasteiger partial charge on any atom is 0.209 e. The molecule has 1 aliphatic heterocycles. The van der Waals surface area contributed by atoms with Crippen LogP contribution in [0.2, 0.25) is 0 Å². The van der Waals surface area contributed by atoms with Gasteiger partial charge in [0.1, 0.15) is 13.2 Å². The summed E-state index contributed by atoms with van der Waals surface area (Å²) in [6, 6.07) is 9.85. The van der Waals surface area contributed by atoms with Gasteiger partial charge < -0.3 is 4.74 Å². The molecule has 0 saturated carbocycles. The Morgan fingerprint density at radius 1 is 1.20 bits per heavy atom. The molecule has 0 N–H and O–H groups in total. The first-order valence-electron chi connectivity index (χ1n) is 4.77. The molecule has 0 aromatic heterocycles. The average molecular weight is 201 g/mol. The summed E-state index contributed by atoms with van der Waals surface area (Å²) in [5, 5.41) is 0. The molecular weight excluding hydrogens is 190 g/mol. The summed E-state index contributed by atoms with van der Waals surface area (Å²) in [6.07, 6.45) is 3.10. The molecule has 0 fully saturated rings. The molecule has 1 aliphatic rings. The van der Waals surface area contributed by atoms with E-state index < -0.39 is 0 Å². The molecule has 0 amide bonds. The molecule has 0 spiro atoms. The third-order valence-corrected chi connectivity index (χ3v) is 2.03. The molecule has 0 radical (unpaired) electrons. The standard InChI is InChI=1S/C12H11NO2/c14-11-6-7-12(13-8-11)15-9-10-4-2-1-3-5-10/h1-7H,8-9H2. The van der Waals surface area contributed by atoms with E-state index in [0.29, 0.717) is 12.5 Å². The number of hydrogen-bond donors (Lipinski definition) is 0. The van der Waals surface area contributed by atoms with Gasteiger partial charge in [0.25, 0.3) is 0 Å². The number of hydrogen-bond acceptors (Lipinski definition) is 3. The van der Waals surface area contributed by atoms with E-state index in [0.717, 1.165) is 5.56 Å². The highest BCUT2D eigenvalue weighted by Gasteiger charge is 2.05. The lowest BCUT2D eigenvalue weighted by atomic mass is 10.2. The Morgan fingerprint density at radius 2 is 2.00 bits per heavy atom. The molecule has 0 saturated heterocycles. The zero-order valence-electron chi connectivity index (χ0n) is 8.22. The molecule has 1 heterocycles. The van der Waals surface area contributed by atoms with Crippen molar-refractivity contribution in [1.82, 2.24) is 0 Å². The summed E-state index contributed by atoms with van der Waals surface area (Å²) in [6.45, 7) is 0.679. The van der Waals surface area contributed by atoms with Gasteiger partial charge in [-0.1, -0.05) is 30.3 Å². The lowest BCUT2D eigenvalue weighted by Crippen LogP contribution is -2.11. The van der Waals surface area contributed by atoms with Crippen molar-refractivity contribution in [2.24, 2.45) is 4.99 Å². The maximum absolute atomic E-state index is 10.8. The van der Waals surface area contributed by atoms with Crippen LogP contribution in [0.4, 0.5) is 0 Å². The third-order valence-electron chi connectivity index (χ3n) is 2.03. The molecule has 0 bridgehead atoms. The summed E-state index contributed by atoms with van der Waals surface area (Å²) >= 11 is 0. The number of nitrogens with zero attached hydrogens (tertiary/aromatic N) is 1. The van der Waals surface area contributed by atoms with Crippen molar-refractivity contribution >= 4 is 11.7 Å². The second-order valence-corrected chi connectivity index (χ2v) is 3.23. The Kier molecular flexibility index (Phi) is 2.93. The summed E-state index contributed by atoms with van der Waals surface area (Å²) in [4.78, 5) is 14.8. The van der Waals surface area contributed by atoms with E-state index in [1.54, 1.807) is 6.08 Å². The number of benzene rings is 1. The van der Waals surface area contributed by atoms with E-state index in [2.05, 4.69) is 4.99 Å². The molecule has 0 unspecified atom stereocenters. The van der Waals surface area contributed by atoms with Gasteiger partial charge in [-0.2, -0.15) is 0 Å². The SMILES string of the molecule is O=C1C=CC(OCc2ccccc2)=NC1. The van der Waals surface area contributed by atoms with Crippen LogP contribution in [-0.2, 0) is 16.1 Å². The fourth-order valence-electron chi connectivity index (χ4n) is 1.25. The van der Waals surface area contributed by atoms with Crippen molar-refractivity contribution < 1.29 is 9.53 Å². The smallest absolute Gasteiger partial charge is 0.209 e. The van der Waals surface area contributed by atoms with Crippen LogP contribution in [0.25, 0.3) is 0 Å². The van der Waals surface area contributed by atoms with E-state index in [1.165, 1.54) is 6.08 Å². The molecule has 76 valence electrons. The first-order valence-corrected chi connectivity index (χ1v) is 4.77. The van der Waals surface area contributed by atoms with E-state index >= 15 is 0 Å². The van der Waals surface area contributed by atoms with Gasteiger partial charge in [-0.3, -0.25) is 4.79 Å². The minimum absolute atomic E-state index is 0.0158. The van der Waals surface area contributed by atoms with Crippen molar-refractivity contribution in [1.29, 1.82) is 0 Å². The van der Waals surface area contributed by atoms with Gasteiger partial charge in [0, 0.05) is 6.08 Å². The first-order chi connectivity index (χ1) is 7.34. The summed E-state index contributed by atoms with van der Waals surface area (Å²) < 4.78 is 5.43. The number of ketones is 1. The van der Waals surface area contributed by atoms with Gasteiger partial charge in [-0.25, -0.2) is 4.99 Å². The highest BCUT2D eigenvalue weighted by molar-refractivity contribution is 6.03. The van der Waals surface area contributed by atoms with Crippen molar-refractivity contribution in [3.63, 3.8) is 0 Å². The van der Waals surface area contributed by atoms with Gasteiger partial charge in [0.05, 0.1) is 0 Å². The Bertz CT molecular complexity index is 407. The lowest BCUT2D eigenvalue weighted by molar-refractivity contribution is -0.113. The van der Waals surface area contributed by atoms with Crippen molar-refractivity contribution in [2.75, 3.05) is 6.54 Å². The minimum Gasteiger partial charge on any atom is -0.473 e. The van der Waals surface area contributed by atoms with E-state index in [-0.39, 0.29) is 12.3 Å². The van der Waals surface area contributed by atoms with Crippen molar-refractivity contribution in [3.8, 4) is 0 Å². The average Bonchev–Trinajstić information content (AvgIpc) is 2.30. The van der Waals surface area contributed by atoms with Crippen molar-refractivity contribution in [2.45, 2.75) is 6.61 Å². The van der Waals surface area contributed by atoms with E-state index in [9.17, 15) is 4.79 Å². The van der Waals surface area contributed by atoms with Crippen LogP contribution < -0.4 is 0 Å². The summed E-state index contributed by atoms with van der Waals surface area (Å²) in [5.74, 6) is 0.542. The van der Waals surface area contributed by atoms with Gasteiger partial charge >= 0.3 is 0 Å². The largest absolute Gasteiger partial charge is 0.473 e. The van der Waals surface area contributed by atoms with E-state index in [1.807, 2.05) is 30.3 Å². The molecule has 1 aromatic carbocycles. The van der Waals surface area contributed by atoms with Gasteiger partial charge in [-0.05, 0) is 11.6 Å². The van der Waals surface area contributed by atoms with Crippen LogP contribution in [0.5, 0.6) is 0 Å². The van der Waals surface area contributed by atoms with Crippen LogP contribution in [0, 0.1) is 0 Å². The number of rotatable bonds is 2. The Balaban J connectivity index is 1.90. The quantitative estimate of drug-likeness (QED) is 0.731. The second kappa shape index (κ2) is 4.55. The van der Waals surface area contributed by atoms with Crippen LogP contribution in [0.3, 0.4) is 0 Å². The van der Waals surface area contributed by atoms with Crippen LogP contribution in [0.1, 0.15) is 5.56 Å². The van der Waals surface area contributed by atoms with Crippen LogP contribution >= 0.6 is 0 Å². The predicted octanol–water partition coefficient (Wildman–Crippen LogP) is 1.74. The number of dihydropyridines is 1. The molecule has 0 aliphatic carbocycles. The van der Waals surface area contributed by atoms with Crippen LogP contribution in [-0.4, -0.2) is 18.2 Å².